The standard InChI is InChI=1S/C9H14P.C5H5.Fe/c1-3-10(4-2)9-7-5-6-8-9;1-2-4-5-3-1;/h5-8H,3-4H2,1-2H3;1-5H;/q;;+2. The molecule has 2 saturated carbocycles. The Balaban J connectivity index is 0.000000318. The molecule has 0 nitrogen and oxygen atoms in total. The zero-order valence-electron chi connectivity index (χ0n) is 9.91. The van der Waals surface area contributed by atoms with Gasteiger partial charge in [0.15, 0.2) is 0 Å². The molecule has 2 rings (SSSR count). The molecule has 2 heteroatoms. The van der Waals surface area contributed by atoms with Gasteiger partial charge in [0, 0.05) is 5.66 Å². The van der Waals surface area contributed by atoms with Gasteiger partial charge in [0.1, 0.15) is 0 Å². The SMILES string of the molecule is CCP(CC)[C]1[CH][CH][CH][CH]1.[CH]1[CH][CH][CH][CH]1.[Fe+2]. The van der Waals surface area contributed by atoms with Crippen molar-refractivity contribution in [2.75, 3.05) is 12.3 Å². The van der Waals surface area contributed by atoms with Crippen LogP contribution in [0.3, 0.4) is 0 Å². The molecule has 16 heavy (non-hydrogen) atoms. The second-order valence-corrected chi connectivity index (χ2v) is 6.14. The monoisotopic (exact) mass is 274 g/mol. The van der Waals surface area contributed by atoms with Crippen LogP contribution in [0.4, 0.5) is 0 Å². The maximum Gasteiger partial charge on any atom is 2.00 e. The summed E-state index contributed by atoms with van der Waals surface area (Å²) in [4.78, 5) is 0. The van der Waals surface area contributed by atoms with E-state index in [-0.39, 0.29) is 25.0 Å². The van der Waals surface area contributed by atoms with E-state index in [0.29, 0.717) is 0 Å². The van der Waals surface area contributed by atoms with E-state index in [1.165, 1.54) is 12.3 Å². The van der Waals surface area contributed by atoms with Crippen LogP contribution in [0.25, 0.3) is 0 Å². The van der Waals surface area contributed by atoms with Crippen molar-refractivity contribution in [1.82, 2.24) is 0 Å². The van der Waals surface area contributed by atoms with Crippen LogP contribution < -0.4 is 0 Å². The maximum absolute atomic E-state index is 2.28. The first-order valence-electron chi connectivity index (χ1n) is 5.51. The van der Waals surface area contributed by atoms with Crippen molar-refractivity contribution in [1.29, 1.82) is 0 Å². The summed E-state index contributed by atoms with van der Waals surface area (Å²) in [6.07, 6.45) is 21.4. The van der Waals surface area contributed by atoms with E-state index < -0.39 is 0 Å². The summed E-state index contributed by atoms with van der Waals surface area (Å²) in [5, 5.41) is 0. The number of rotatable bonds is 3. The molecule has 2 aliphatic rings. The largest absolute Gasteiger partial charge is 2.00 e. The van der Waals surface area contributed by atoms with Crippen molar-refractivity contribution < 1.29 is 17.1 Å². The molecule has 0 aromatic carbocycles. The molecular weight excluding hydrogens is 255 g/mol. The fourth-order valence-electron chi connectivity index (χ4n) is 1.48. The van der Waals surface area contributed by atoms with Gasteiger partial charge in [-0.1, -0.05) is 21.8 Å². The molecule has 2 aliphatic carbocycles. The van der Waals surface area contributed by atoms with Crippen molar-refractivity contribution in [2.24, 2.45) is 0 Å². The molecule has 0 aliphatic heterocycles. The molecular formula is C14H19FeP+2. The van der Waals surface area contributed by atoms with Gasteiger partial charge in [-0.15, -0.1) is 0 Å². The van der Waals surface area contributed by atoms with Crippen LogP contribution in [0.2, 0.25) is 0 Å². The van der Waals surface area contributed by atoms with Crippen LogP contribution in [0, 0.1) is 63.4 Å². The minimum atomic E-state index is 0. The van der Waals surface area contributed by atoms with Crippen molar-refractivity contribution in [3.63, 3.8) is 0 Å². The van der Waals surface area contributed by atoms with E-state index >= 15 is 0 Å². The Labute approximate surface area is 115 Å². The van der Waals surface area contributed by atoms with Crippen LogP contribution in [0.1, 0.15) is 13.8 Å². The van der Waals surface area contributed by atoms with Crippen molar-refractivity contribution in [3.8, 4) is 0 Å². The molecule has 0 amide bonds. The first-order chi connectivity index (χ1) is 7.38. The van der Waals surface area contributed by atoms with Gasteiger partial charge >= 0.3 is 17.1 Å². The molecule has 0 atom stereocenters. The first kappa shape index (κ1) is 16.9. The Morgan fingerprint density at radius 2 is 1.12 bits per heavy atom. The van der Waals surface area contributed by atoms with Gasteiger partial charge in [-0.2, -0.15) is 0 Å². The Bertz CT molecular complexity index is 128. The van der Waals surface area contributed by atoms with Gasteiger partial charge in [-0.05, 0) is 70.1 Å². The Morgan fingerprint density at radius 1 is 0.750 bits per heavy atom. The van der Waals surface area contributed by atoms with E-state index in [2.05, 4.69) is 39.5 Å². The van der Waals surface area contributed by atoms with E-state index in [4.69, 9.17) is 0 Å². The summed E-state index contributed by atoms with van der Waals surface area (Å²) in [5.74, 6) is 0. The summed E-state index contributed by atoms with van der Waals surface area (Å²) in [6.45, 7) is 4.56. The van der Waals surface area contributed by atoms with Crippen molar-refractivity contribution in [3.05, 3.63) is 63.4 Å². The summed E-state index contributed by atoms with van der Waals surface area (Å²) >= 11 is 0. The molecule has 86 valence electrons. The van der Waals surface area contributed by atoms with Gasteiger partial charge in [0.05, 0.1) is 0 Å². The minimum absolute atomic E-state index is 0. The first-order valence-corrected chi connectivity index (χ1v) is 7.23. The van der Waals surface area contributed by atoms with Gasteiger partial charge in [0.25, 0.3) is 0 Å². The smallest absolute Gasteiger partial charge is 0.0994 e. The van der Waals surface area contributed by atoms with E-state index in [9.17, 15) is 0 Å². The third kappa shape index (κ3) is 6.63. The summed E-state index contributed by atoms with van der Waals surface area (Å²) in [6, 6.07) is 0. The van der Waals surface area contributed by atoms with Crippen LogP contribution >= 0.6 is 7.92 Å². The molecule has 2 fully saturated rings. The molecule has 0 N–H and O–H groups in total. The van der Waals surface area contributed by atoms with Crippen molar-refractivity contribution >= 4 is 7.92 Å². The van der Waals surface area contributed by atoms with Crippen LogP contribution in [-0.4, -0.2) is 12.3 Å². The average Bonchev–Trinajstić information content (AvgIpc) is 2.96. The molecule has 0 saturated heterocycles. The molecule has 0 spiro atoms. The quantitative estimate of drug-likeness (QED) is 0.541. The minimum Gasteiger partial charge on any atom is -0.0994 e. The topological polar surface area (TPSA) is 0 Å². The molecule has 0 unspecified atom stereocenters. The molecule has 0 heterocycles. The zero-order valence-corrected chi connectivity index (χ0v) is 11.9. The predicted molar refractivity (Wildman–Crippen MR) is 69.9 cm³/mol. The van der Waals surface area contributed by atoms with Gasteiger partial charge < -0.3 is 0 Å². The fourth-order valence-corrected chi connectivity index (χ4v) is 3.26. The Morgan fingerprint density at radius 3 is 1.44 bits per heavy atom. The summed E-state index contributed by atoms with van der Waals surface area (Å²) < 4.78 is 0. The second kappa shape index (κ2) is 11.1. The average molecular weight is 274 g/mol. The van der Waals surface area contributed by atoms with Gasteiger partial charge in [-0.3, -0.25) is 0 Å². The van der Waals surface area contributed by atoms with E-state index in [0.717, 1.165) is 0 Å². The van der Waals surface area contributed by atoms with E-state index in [1.807, 2.05) is 32.1 Å². The Kier molecular flexibility index (Phi) is 11.7. The molecule has 10 radical (unpaired) electrons. The molecule has 0 aromatic rings. The normalized spacial score (nSPS) is 20.4. The summed E-state index contributed by atoms with van der Waals surface area (Å²) in [7, 11) is 0.186. The number of hydrogen-bond acceptors (Lipinski definition) is 0. The van der Waals surface area contributed by atoms with Gasteiger partial charge in [0.2, 0.25) is 0 Å². The fraction of sp³-hybridized carbons (Fsp3) is 0.286. The number of hydrogen-bond donors (Lipinski definition) is 0. The molecule has 0 bridgehead atoms. The van der Waals surface area contributed by atoms with Crippen LogP contribution in [0.15, 0.2) is 0 Å². The summed E-state index contributed by atoms with van der Waals surface area (Å²) in [5.41, 5.74) is 1.57. The van der Waals surface area contributed by atoms with Gasteiger partial charge in [-0.25, -0.2) is 0 Å². The third-order valence-electron chi connectivity index (χ3n) is 2.33. The Hall–Kier alpha value is 0.949. The maximum atomic E-state index is 2.28. The van der Waals surface area contributed by atoms with E-state index in [1.54, 1.807) is 5.66 Å². The van der Waals surface area contributed by atoms with Crippen LogP contribution in [-0.2, 0) is 17.1 Å². The second-order valence-electron chi connectivity index (χ2n) is 3.28. The predicted octanol–water partition coefficient (Wildman–Crippen LogP) is 3.89. The van der Waals surface area contributed by atoms with Crippen LogP contribution in [0.5, 0.6) is 0 Å². The zero-order chi connectivity index (χ0) is 10.9. The van der Waals surface area contributed by atoms with Crippen molar-refractivity contribution in [2.45, 2.75) is 13.8 Å². The third-order valence-corrected chi connectivity index (χ3v) is 4.88. The molecule has 0 aromatic heterocycles.